The van der Waals surface area contributed by atoms with Crippen LogP contribution in [0, 0.1) is 0 Å². The number of aliphatic hydroxyl groups excluding tert-OH is 1. The SMILES string of the molecule is CN(c1nc2nnc(-c3ccc(-c4cn[nH]c4)cc3O)cc2s1)C1CCCC1.CN1CCC(Nc2nc3nnc(-c4ccc(-c5cn[nH]c5)cc4O)cc3s2)C1.CN1CC[C@H](N(C)c2nc3nnc(-c4ccc(-c5cn[nH]c5)cc4O)cc3s2)C[C@H]1CO. The lowest BCUT2D eigenvalue weighted by molar-refractivity contribution is 0.104. The van der Waals surface area contributed by atoms with Gasteiger partial charge in [-0.25, -0.2) is 0 Å². The van der Waals surface area contributed by atoms with Crippen molar-refractivity contribution in [3.8, 4) is 84.4 Å². The highest BCUT2D eigenvalue weighted by Gasteiger charge is 2.30. The molecule has 0 radical (unpaired) electrons. The van der Waals surface area contributed by atoms with Gasteiger partial charge >= 0.3 is 0 Å². The van der Waals surface area contributed by atoms with E-state index in [9.17, 15) is 20.4 Å². The highest BCUT2D eigenvalue weighted by atomic mass is 32.1. The number of phenols is 3. The third kappa shape index (κ3) is 12.4. The molecule has 24 nitrogen and oxygen atoms in total. The average molecular weight is 1240 g/mol. The van der Waals surface area contributed by atoms with Gasteiger partial charge < -0.3 is 45.3 Å². The summed E-state index contributed by atoms with van der Waals surface area (Å²) in [5, 5.41) is 93.4. The van der Waals surface area contributed by atoms with E-state index >= 15 is 0 Å². The topological polar surface area (TPSA) is 308 Å². The molecule has 12 aromatic rings. The predicted octanol–water partition coefficient (Wildman–Crippen LogP) is 9.93. The van der Waals surface area contributed by atoms with Crippen LogP contribution >= 0.6 is 34.0 Å². The maximum absolute atomic E-state index is 10.6. The summed E-state index contributed by atoms with van der Waals surface area (Å²) >= 11 is 4.76. The Kier molecular flexibility index (Phi) is 16.7. The van der Waals surface area contributed by atoms with Crippen LogP contribution in [0.15, 0.2) is 110 Å². The fourth-order valence-electron chi connectivity index (χ4n) is 11.5. The predicted molar refractivity (Wildman–Crippen MR) is 345 cm³/mol. The number of hydrogen-bond acceptors (Lipinski definition) is 24. The number of benzene rings is 3. The lowest BCUT2D eigenvalue weighted by Gasteiger charge is -2.39. The van der Waals surface area contributed by atoms with Crippen LogP contribution < -0.4 is 15.1 Å². The Hall–Kier alpha value is -9.12. The molecule has 450 valence electrons. The molecular weight excluding hydrogens is 1170 g/mol. The van der Waals surface area contributed by atoms with Crippen molar-refractivity contribution in [3.05, 3.63) is 110 Å². The van der Waals surface area contributed by atoms with Gasteiger partial charge in [0.1, 0.15) is 17.2 Å². The molecule has 8 N–H and O–H groups in total. The molecule has 11 heterocycles. The van der Waals surface area contributed by atoms with Gasteiger partial charge in [-0.05, 0) is 124 Å². The van der Waals surface area contributed by atoms with Crippen LogP contribution in [0.5, 0.6) is 17.2 Å². The minimum atomic E-state index is 0.139. The van der Waals surface area contributed by atoms with Gasteiger partial charge in [-0.3, -0.25) is 15.3 Å². The molecule has 27 heteroatoms. The standard InChI is InChI=1S/C22H25N7O2S.C20H20N6OS.C19H19N7OS/c1-28-6-5-15(8-16(28)12-30)29(2)22-25-21-20(32-22)9-18(26-27-21)17-4-3-13(7-19(17)31)14-10-23-24-11-14;1-26(14-4-2-3-5-14)20-23-19-18(28-20)9-16(24-25-19)15-7-6-12(8-17(15)27)13-10-21-22-11-13;1-26-5-4-13(10-26)22-19-23-18-17(28-19)7-15(24-25-18)14-3-2-11(6-16(14)27)12-8-20-21-9-12/h3-4,7,9-11,15-16,30-31H,5-6,8,12H2,1-2H3,(H,23,24);6-11,14,27H,2-5H2,1H3,(H,21,22);2-3,6-9,13,27H,4-5,10H2,1H3,(H,20,21)(H,22,23,25)/t15-,16-;;/m0../s1. The van der Waals surface area contributed by atoms with Crippen molar-refractivity contribution in [1.82, 2.24) is 85.9 Å². The third-order valence-electron chi connectivity index (χ3n) is 16.7. The van der Waals surface area contributed by atoms with Gasteiger partial charge in [0, 0.05) is 103 Å². The second-order valence-corrected chi connectivity index (χ2v) is 25.5. The lowest BCUT2D eigenvalue weighted by atomic mass is 9.97. The molecule has 1 unspecified atom stereocenters. The fraction of sp³-hybridized carbons (Fsp3) is 0.311. The Balaban J connectivity index is 0.000000122. The zero-order valence-corrected chi connectivity index (χ0v) is 51.1. The number of aliphatic hydroxyl groups is 1. The number of piperidine rings is 1. The Bertz CT molecular complexity index is 4340. The molecule has 2 aliphatic heterocycles. The van der Waals surface area contributed by atoms with E-state index in [1.165, 1.54) is 25.7 Å². The molecule has 2 saturated heterocycles. The average Bonchev–Trinajstić information content (AvgIpc) is 4.09. The zero-order valence-electron chi connectivity index (χ0n) is 48.6. The maximum atomic E-state index is 10.6. The van der Waals surface area contributed by atoms with Crippen LogP contribution in [0.4, 0.5) is 15.4 Å². The van der Waals surface area contributed by atoms with E-state index in [4.69, 9.17) is 0 Å². The first-order valence-corrected chi connectivity index (χ1v) is 31.4. The Morgan fingerprint density at radius 3 is 1.41 bits per heavy atom. The number of aromatic amines is 3. The molecule has 0 spiro atoms. The smallest absolute Gasteiger partial charge is 0.194 e. The van der Waals surface area contributed by atoms with Crippen molar-refractivity contribution >= 4 is 80.4 Å². The van der Waals surface area contributed by atoms with Crippen molar-refractivity contribution in [3.63, 3.8) is 0 Å². The van der Waals surface area contributed by atoms with Crippen molar-refractivity contribution < 1.29 is 20.4 Å². The van der Waals surface area contributed by atoms with Gasteiger partial charge in [-0.2, -0.15) is 30.2 Å². The maximum Gasteiger partial charge on any atom is 0.194 e. The molecule has 1 aliphatic carbocycles. The number of fused-ring (bicyclic) bond motifs is 3. The van der Waals surface area contributed by atoms with Crippen molar-refractivity contribution in [1.29, 1.82) is 0 Å². The number of nitrogens with one attached hydrogen (secondary N) is 4. The summed E-state index contributed by atoms with van der Waals surface area (Å²) in [5.74, 6) is 0.463. The molecule has 9 aromatic heterocycles. The van der Waals surface area contributed by atoms with Gasteiger partial charge in [0.05, 0.1) is 56.4 Å². The Morgan fingerprint density at radius 2 is 0.989 bits per heavy atom. The van der Waals surface area contributed by atoms with Gasteiger partial charge in [-0.1, -0.05) is 65.1 Å². The van der Waals surface area contributed by atoms with Crippen LogP contribution in [0.2, 0.25) is 0 Å². The summed E-state index contributed by atoms with van der Waals surface area (Å²) in [6, 6.07) is 23.8. The number of likely N-dealkylation sites (N-methyl/N-ethyl adjacent to an activating group) is 2. The normalized spacial score (nSPS) is 17.3. The molecule has 3 fully saturated rings. The van der Waals surface area contributed by atoms with Gasteiger partial charge in [0.25, 0.3) is 0 Å². The van der Waals surface area contributed by atoms with E-state index in [1.54, 1.807) is 89.4 Å². The molecule has 0 amide bonds. The molecular formula is C61H64N20O4S3. The number of thiazole rings is 3. The largest absolute Gasteiger partial charge is 0.507 e. The van der Waals surface area contributed by atoms with Crippen molar-refractivity contribution in [2.45, 2.75) is 69.1 Å². The van der Waals surface area contributed by atoms with Gasteiger partial charge in [-0.15, -0.1) is 30.6 Å². The van der Waals surface area contributed by atoms with E-state index in [-0.39, 0.29) is 29.9 Å². The third-order valence-corrected chi connectivity index (χ3v) is 19.8. The first kappa shape index (κ1) is 57.9. The summed E-state index contributed by atoms with van der Waals surface area (Å²) in [4.78, 5) is 22.9. The summed E-state index contributed by atoms with van der Waals surface area (Å²) in [5.41, 5.74) is 11.0. The van der Waals surface area contributed by atoms with E-state index in [2.05, 4.69) is 129 Å². The molecule has 3 aromatic carbocycles. The minimum absolute atomic E-state index is 0.139. The lowest BCUT2D eigenvalue weighted by Crippen LogP contribution is -2.49. The number of aromatic hydroxyl groups is 3. The van der Waals surface area contributed by atoms with E-state index in [1.807, 2.05) is 54.6 Å². The minimum Gasteiger partial charge on any atom is -0.507 e. The first-order chi connectivity index (χ1) is 42.9. The van der Waals surface area contributed by atoms with Crippen LogP contribution in [0.3, 0.4) is 0 Å². The molecule has 15 rings (SSSR count). The van der Waals surface area contributed by atoms with E-state index < -0.39 is 0 Å². The Morgan fingerprint density at radius 1 is 0.534 bits per heavy atom. The molecule has 88 heavy (non-hydrogen) atoms. The van der Waals surface area contributed by atoms with Crippen LogP contribution in [0.25, 0.3) is 98.2 Å². The number of nitrogens with zero attached hydrogens (tertiary/aromatic N) is 16. The summed E-state index contributed by atoms with van der Waals surface area (Å²) in [7, 11) is 8.35. The quantitative estimate of drug-likeness (QED) is 0.0532. The first-order valence-electron chi connectivity index (χ1n) is 29.0. The molecule has 3 atom stereocenters. The molecule has 1 saturated carbocycles. The highest BCUT2D eigenvalue weighted by Crippen LogP contribution is 2.40. The number of rotatable bonds is 13. The number of H-pyrrole nitrogens is 3. The number of aromatic nitrogens is 15. The van der Waals surface area contributed by atoms with Crippen LogP contribution in [0.1, 0.15) is 44.9 Å². The Labute approximate surface area is 517 Å². The summed E-state index contributed by atoms with van der Waals surface area (Å²) in [6.45, 7) is 3.23. The molecule has 0 bridgehead atoms. The van der Waals surface area contributed by atoms with E-state index in [0.29, 0.717) is 68.8 Å². The monoisotopic (exact) mass is 1240 g/mol. The van der Waals surface area contributed by atoms with Crippen LogP contribution in [-0.4, -0.2) is 185 Å². The second-order valence-electron chi connectivity index (χ2n) is 22.5. The number of likely N-dealkylation sites (tertiary alicyclic amines) is 2. The summed E-state index contributed by atoms with van der Waals surface area (Å²) in [6.07, 6.45) is 18.6. The summed E-state index contributed by atoms with van der Waals surface area (Å²) < 4.78 is 2.84. The van der Waals surface area contributed by atoms with Gasteiger partial charge in [0.2, 0.25) is 0 Å². The molecule has 3 aliphatic rings. The van der Waals surface area contributed by atoms with Crippen molar-refractivity contribution in [2.24, 2.45) is 0 Å². The number of hydrogen-bond donors (Lipinski definition) is 8. The van der Waals surface area contributed by atoms with Crippen LogP contribution in [-0.2, 0) is 0 Å². The van der Waals surface area contributed by atoms with Gasteiger partial charge in [0.15, 0.2) is 32.3 Å². The number of phenolic OH excluding ortho intramolecular Hbond substituents is 3. The second kappa shape index (κ2) is 25.3. The number of anilines is 3. The van der Waals surface area contributed by atoms with Crippen molar-refractivity contribution in [2.75, 3.05) is 69.5 Å². The highest BCUT2D eigenvalue weighted by molar-refractivity contribution is 7.22. The van der Waals surface area contributed by atoms with E-state index in [0.717, 1.165) is 102 Å². The fourth-order valence-corrected chi connectivity index (χ4v) is 14.4. The zero-order chi connectivity index (χ0) is 60.4.